The maximum Gasteiger partial charge on any atom is 0.246 e. The molecule has 0 saturated heterocycles. The number of halogens is 3. The van der Waals surface area contributed by atoms with Crippen LogP contribution in [-0.4, -0.2) is 19.8 Å². The third-order valence-electron chi connectivity index (χ3n) is 2.90. The standard InChI is InChI=1S/C14H12BrClFNO2S/c1-18(9-10-2-4-11(15)5-3-10)21(19,20)14-7-6-12(16)8-13(14)17/h2-8H,9H2,1H3. The van der Waals surface area contributed by atoms with Gasteiger partial charge >= 0.3 is 0 Å². The summed E-state index contributed by atoms with van der Waals surface area (Å²) in [6.45, 7) is 0.150. The topological polar surface area (TPSA) is 37.4 Å². The van der Waals surface area contributed by atoms with E-state index in [0.717, 1.165) is 20.4 Å². The molecule has 0 aliphatic carbocycles. The SMILES string of the molecule is CN(Cc1ccc(Br)cc1)S(=O)(=O)c1ccc(Cl)cc1F. The number of hydrogen-bond donors (Lipinski definition) is 0. The lowest BCUT2D eigenvalue weighted by molar-refractivity contribution is 0.460. The summed E-state index contributed by atoms with van der Waals surface area (Å²) in [4.78, 5) is -0.383. The van der Waals surface area contributed by atoms with Crippen LogP contribution in [0.1, 0.15) is 5.56 Å². The van der Waals surface area contributed by atoms with E-state index >= 15 is 0 Å². The zero-order chi connectivity index (χ0) is 15.6. The fraction of sp³-hybridized carbons (Fsp3) is 0.143. The van der Waals surface area contributed by atoms with E-state index in [-0.39, 0.29) is 16.5 Å². The molecule has 0 aromatic heterocycles. The normalized spacial score (nSPS) is 11.9. The Balaban J connectivity index is 2.28. The molecule has 0 atom stereocenters. The van der Waals surface area contributed by atoms with Gasteiger partial charge in [0.1, 0.15) is 10.7 Å². The van der Waals surface area contributed by atoms with Crippen LogP contribution >= 0.6 is 27.5 Å². The molecule has 2 rings (SSSR count). The van der Waals surface area contributed by atoms with E-state index in [2.05, 4.69) is 15.9 Å². The van der Waals surface area contributed by atoms with Gasteiger partial charge in [0.05, 0.1) is 0 Å². The lowest BCUT2D eigenvalue weighted by Gasteiger charge is -2.17. The molecule has 3 nitrogen and oxygen atoms in total. The third-order valence-corrected chi connectivity index (χ3v) is 5.50. The first-order valence-electron chi connectivity index (χ1n) is 5.96. The van der Waals surface area contributed by atoms with Crippen LogP contribution in [0.2, 0.25) is 5.02 Å². The monoisotopic (exact) mass is 391 g/mol. The third kappa shape index (κ3) is 3.83. The maximum atomic E-state index is 13.8. The van der Waals surface area contributed by atoms with Crippen LogP contribution in [0, 0.1) is 5.82 Å². The minimum atomic E-state index is -3.91. The van der Waals surface area contributed by atoms with E-state index in [4.69, 9.17) is 11.6 Å². The summed E-state index contributed by atoms with van der Waals surface area (Å²) >= 11 is 8.95. The molecule has 21 heavy (non-hydrogen) atoms. The molecule has 0 fully saturated rings. The van der Waals surface area contributed by atoms with Crippen molar-refractivity contribution in [3.63, 3.8) is 0 Å². The molecule has 0 N–H and O–H groups in total. The largest absolute Gasteiger partial charge is 0.246 e. The van der Waals surface area contributed by atoms with Crippen molar-refractivity contribution in [1.82, 2.24) is 4.31 Å². The summed E-state index contributed by atoms with van der Waals surface area (Å²) in [6, 6.07) is 10.7. The minimum absolute atomic E-state index is 0.150. The number of nitrogens with zero attached hydrogens (tertiary/aromatic N) is 1. The first-order valence-corrected chi connectivity index (χ1v) is 8.57. The molecule has 2 aromatic rings. The molecule has 0 unspecified atom stereocenters. The molecule has 0 spiro atoms. The number of hydrogen-bond acceptors (Lipinski definition) is 2. The van der Waals surface area contributed by atoms with Crippen molar-refractivity contribution in [2.45, 2.75) is 11.4 Å². The van der Waals surface area contributed by atoms with E-state index in [1.54, 1.807) is 12.1 Å². The zero-order valence-corrected chi connectivity index (χ0v) is 14.2. The molecule has 0 amide bonds. The lowest BCUT2D eigenvalue weighted by atomic mass is 10.2. The van der Waals surface area contributed by atoms with Gasteiger partial charge in [-0.05, 0) is 35.9 Å². The predicted octanol–water partition coefficient (Wildman–Crippen LogP) is 4.06. The van der Waals surface area contributed by atoms with E-state index < -0.39 is 15.8 Å². The van der Waals surface area contributed by atoms with Crippen LogP contribution in [-0.2, 0) is 16.6 Å². The van der Waals surface area contributed by atoms with Crippen LogP contribution in [0.25, 0.3) is 0 Å². The molecule has 0 bridgehead atoms. The van der Waals surface area contributed by atoms with Crippen molar-refractivity contribution < 1.29 is 12.8 Å². The zero-order valence-electron chi connectivity index (χ0n) is 11.1. The molecule has 0 aliphatic heterocycles. The van der Waals surface area contributed by atoms with Gasteiger partial charge in [0.2, 0.25) is 10.0 Å². The van der Waals surface area contributed by atoms with Gasteiger partial charge in [-0.3, -0.25) is 0 Å². The summed E-state index contributed by atoms with van der Waals surface area (Å²) in [6.07, 6.45) is 0. The van der Waals surface area contributed by atoms with Gasteiger partial charge in [0.25, 0.3) is 0 Å². The highest BCUT2D eigenvalue weighted by Gasteiger charge is 2.24. The first kappa shape index (κ1) is 16.4. The molecule has 0 heterocycles. The van der Waals surface area contributed by atoms with Crippen molar-refractivity contribution in [3.05, 3.63) is 63.3 Å². The summed E-state index contributed by atoms with van der Waals surface area (Å²) in [5.74, 6) is -0.856. The van der Waals surface area contributed by atoms with E-state index in [0.29, 0.717) is 0 Å². The Kier molecular flexibility index (Phi) is 5.03. The van der Waals surface area contributed by atoms with Crippen LogP contribution in [0.3, 0.4) is 0 Å². The first-order chi connectivity index (χ1) is 9.80. The summed E-state index contributed by atoms with van der Waals surface area (Å²) in [7, 11) is -2.50. The lowest BCUT2D eigenvalue weighted by Crippen LogP contribution is -2.27. The Bertz CT molecular complexity index is 750. The number of rotatable bonds is 4. The average Bonchev–Trinajstić information content (AvgIpc) is 2.40. The van der Waals surface area contributed by atoms with Gasteiger partial charge in [-0.25, -0.2) is 12.8 Å². The fourth-order valence-electron chi connectivity index (χ4n) is 1.78. The summed E-state index contributed by atoms with van der Waals surface area (Å²) in [5, 5.41) is 0.155. The second kappa shape index (κ2) is 6.44. The number of benzene rings is 2. The quantitative estimate of drug-likeness (QED) is 0.787. The highest BCUT2D eigenvalue weighted by atomic mass is 79.9. The van der Waals surface area contributed by atoms with Gasteiger partial charge < -0.3 is 0 Å². The second-order valence-electron chi connectivity index (χ2n) is 4.46. The van der Waals surface area contributed by atoms with Gasteiger partial charge in [0, 0.05) is 23.1 Å². The molecular weight excluding hydrogens is 381 g/mol. The van der Waals surface area contributed by atoms with Gasteiger partial charge in [-0.1, -0.05) is 39.7 Å². The Morgan fingerprint density at radius 1 is 1.19 bits per heavy atom. The van der Waals surface area contributed by atoms with Crippen molar-refractivity contribution in [3.8, 4) is 0 Å². The maximum absolute atomic E-state index is 13.8. The van der Waals surface area contributed by atoms with E-state index in [1.165, 1.54) is 19.2 Å². The Morgan fingerprint density at radius 2 is 1.81 bits per heavy atom. The molecule has 0 saturated carbocycles. The second-order valence-corrected chi connectivity index (χ2v) is 7.83. The molecule has 2 aromatic carbocycles. The molecule has 0 radical (unpaired) electrons. The minimum Gasteiger partial charge on any atom is -0.207 e. The predicted molar refractivity (Wildman–Crippen MR) is 84.2 cm³/mol. The summed E-state index contributed by atoms with van der Waals surface area (Å²) in [5.41, 5.74) is 0.804. The fourth-order valence-corrected chi connectivity index (χ4v) is 3.41. The summed E-state index contributed by atoms with van der Waals surface area (Å²) < 4.78 is 40.5. The van der Waals surface area contributed by atoms with Crippen molar-refractivity contribution in [2.24, 2.45) is 0 Å². The van der Waals surface area contributed by atoms with Crippen molar-refractivity contribution in [1.29, 1.82) is 0 Å². The van der Waals surface area contributed by atoms with Gasteiger partial charge in [0.15, 0.2) is 0 Å². The van der Waals surface area contributed by atoms with Gasteiger partial charge in [-0.2, -0.15) is 4.31 Å². The van der Waals surface area contributed by atoms with E-state index in [9.17, 15) is 12.8 Å². The molecule has 112 valence electrons. The van der Waals surface area contributed by atoms with E-state index in [1.807, 2.05) is 12.1 Å². The highest BCUT2D eigenvalue weighted by molar-refractivity contribution is 9.10. The van der Waals surface area contributed by atoms with Gasteiger partial charge in [-0.15, -0.1) is 0 Å². The van der Waals surface area contributed by atoms with Crippen LogP contribution in [0.15, 0.2) is 51.8 Å². The Morgan fingerprint density at radius 3 is 2.38 bits per heavy atom. The molecular formula is C14H12BrClFNO2S. The van der Waals surface area contributed by atoms with Crippen LogP contribution < -0.4 is 0 Å². The number of sulfonamides is 1. The van der Waals surface area contributed by atoms with Crippen molar-refractivity contribution >= 4 is 37.6 Å². The average molecular weight is 393 g/mol. The molecule has 0 aliphatic rings. The van der Waals surface area contributed by atoms with Crippen molar-refractivity contribution in [2.75, 3.05) is 7.05 Å². The smallest absolute Gasteiger partial charge is 0.207 e. The van der Waals surface area contributed by atoms with Crippen LogP contribution in [0.4, 0.5) is 4.39 Å². The Hall–Kier alpha value is -0.950. The van der Waals surface area contributed by atoms with Crippen LogP contribution in [0.5, 0.6) is 0 Å². The Labute approximate surface area is 136 Å². The molecule has 7 heteroatoms. The highest BCUT2D eigenvalue weighted by Crippen LogP contribution is 2.23.